The van der Waals surface area contributed by atoms with Crippen LogP contribution >= 0.6 is 11.8 Å². The molecule has 1 aliphatic rings. The number of nitrogens with zero attached hydrogens (tertiary/aromatic N) is 1. The number of benzene rings is 2. The molecule has 2 aromatic rings. The molecule has 118 valence electrons. The van der Waals surface area contributed by atoms with Gasteiger partial charge in [0.1, 0.15) is 5.75 Å². The van der Waals surface area contributed by atoms with E-state index in [0.717, 1.165) is 23.4 Å². The third-order valence-electron chi connectivity index (χ3n) is 3.46. The van der Waals surface area contributed by atoms with E-state index >= 15 is 0 Å². The number of hydrogen-bond donors (Lipinski definition) is 1. The molecule has 0 spiro atoms. The molecule has 0 aliphatic carbocycles. The number of carbonyl (C=O) groups is 1. The summed E-state index contributed by atoms with van der Waals surface area (Å²) in [5, 5.41) is 3.47. The van der Waals surface area contributed by atoms with Crippen molar-refractivity contribution in [2.75, 3.05) is 12.3 Å². The van der Waals surface area contributed by atoms with E-state index in [0.29, 0.717) is 10.9 Å². The van der Waals surface area contributed by atoms with E-state index < -0.39 is 6.10 Å². The molecule has 1 N–H and O–H groups in total. The van der Waals surface area contributed by atoms with Crippen molar-refractivity contribution in [3.63, 3.8) is 0 Å². The lowest BCUT2D eigenvalue weighted by Gasteiger charge is -2.14. The zero-order valence-corrected chi connectivity index (χ0v) is 13.7. The maximum absolute atomic E-state index is 12.1. The second-order valence-corrected chi connectivity index (χ2v) is 6.26. The van der Waals surface area contributed by atoms with Gasteiger partial charge in [0.15, 0.2) is 11.3 Å². The highest BCUT2D eigenvalue weighted by Crippen LogP contribution is 2.22. The van der Waals surface area contributed by atoms with Gasteiger partial charge in [-0.15, -0.1) is 0 Å². The highest BCUT2D eigenvalue weighted by molar-refractivity contribution is 8.14. The Balaban J connectivity index is 1.60. The van der Waals surface area contributed by atoms with Gasteiger partial charge in [-0.05, 0) is 30.2 Å². The van der Waals surface area contributed by atoms with Crippen LogP contribution in [-0.2, 0) is 4.79 Å². The molecular weight excluding hydrogens is 308 g/mol. The highest BCUT2D eigenvalue weighted by Gasteiger charge is 2.18. The van der Waals surface area contributed by atoms with Crippen molar-refractivity contribution >= 4 is 22.8 Å². The lowest BCUT2D eigenvalue weighted by molar-refractivity contribution is -0.125. The number of rotatable bonds is 4. The van der Waals surface area contributed by atoms with Crippen molar-refractivity contribution in [3.8, 4) is 16.9 Å². The molecular formula is C18H18N2O2S. The summed E-state index contributed by atoms with van der Waals surface area (Å²) in [6.07, 6.45) is -0.568. The Morgan fingerprint density at radius 3 is 2.48 bits per heavy atom. The number of thioether (sulfide) groups is 1. The van der Waals surface area contributed by atoms with Gasteiger partial charge in [-0.1, -0.05) is 54.2 Å². The normalized spacial score (nSPS) is 14.9. The first-order chi connectivity index (χ1) is 11.2. The maximum atomic E-state index is 12.1. The topological polar surface area (TPSA) is 50.7 Å². The molecule has 2 aromatic carbocycles. The average molecular weight is 326 g/mol. The van der Waals surface area contributed by atoms with Crippen LogP contribution in [0.3, 0.4) is 0 Å². The van der Waals surface area contributed by atoms with Gasteiger partial charge in [0, 0.05) is 5.75 Å². The number of amidine groups is 1. The summed E-state index contributed by atoms with van der Waals surface area (Å²) in [6, 6.07) is 17.9. The van der Waals surface area contributed by atoms with Gasteiger partial charge < -0.3 is 10.1 Å². The van der Waals surface area contributed by atoms with Gasteiger partial charge in [-0.2, -0.15) is 0 Å². The SMILES string of the molecule is C[C@H](Oc1ccc(-c2ccccc2)cc1)C(=O)NC1=NCCS1. The lowest BCUT2D eigenvalue weighted by atomic mass is 10.1. The third-order valence-corrected chi connectivity index (χ3v) is 4.35. The summed E-state index contributed by atoms with van der Waals surface area (Å²) in [5.74, 6) is 1.42. The van der Waals surface area contributed by atoms with Gasteiger partial charge in [0.05, 0.1) is 6.54 Å². The maximum Gasteiger partial charge on any atom is 0.266 e. The monoisotopic (exact) mass is 326 g/mol. The first-order valence-electron chi connectivity index (χ1n) is 7.52. The van der Waals surface area contributed by atoms with Crippen molar-refractivity contribution < 1.29 is 9.53 Å². The molecule has 0 bridgehead atoms. The van der Waals surface area contributed by atoms with Gasteiger partial charge in [0.2, 0.25) is 0 Å². The number of amides is 1. The predicted octanol–water partition coefficient (Wildman–Crippen LogP) is 3.34. The zero-order valence-electron chi connectivity index (χ0n) is 12.9. The third kappa shape index (κ3) is 4.13. The van der Waals surface area contributed by atoms with E-state index in [-0.39, 0.29) is 5.91 Å². The van der Waals surface area contributed by atoms with Crippen molar-refractivity contribution in [1.82, 2.24) is 5.32 Å². The van der Waals surface area contributed by atoms with E-state index in [1.807, 2.05) is 42.5 Å². The molecule has 3 rings (SSSR count). The predicted molar refractivity (Wildman–Crippen MR) is 94.9 cm³/mol. The standard InChI is InChI=1S/C18H18N2O2S/c1-13(17(21)20-18-19-11-12-23-18)22-16-9-7-15(8-10-16)14-5-3-2-4-6-14/h2-10,13H,11-12H2,1H3,(H,19,20,21)/t13-/m0/s1. The summed E-state index contributed by atoms with van der Waals surface area (Å²) < 4.78 is 5.70. The molecule has 0 aromatic heterocycles. The lowest BCUT2D eigenvalue weighted by Crippen LogP contribution is -2.38. The molecule has 4 nitrogen and oxygen atoms in total. The second kappa shape index (κ2) is 7.33. The quantitative estimate of drug-likeness (QED) is 0.937. The van der Waals surface area contributed by atoms with Crippen molar-refractivity contribution in [1.29, 1.82) is 0 Å². The van der Waals surface area contributed by atoms with Crippen molar-refractivity contribution in [3.05, 3.63) is 54.6 Å². The highest BCUT2D eigenvalue weighted by atomic mass is 32.2. The van der Waals surface area contributed by atoms with Gasteiger partial charge in [-0.25, -0.2) is 0 Å². The van der Waals surface area contributed by atoms with Gasteiger partial charge >= 0.3 is 0 Å². The van der Waals surface area contributed by atoms with Crippen LogP contribution in [0, 0.1) is 0 Å². The number of carbonyl (C=O) groups excluding carboxylic acids is 1. The molecule has 1 heterocycles. The fraction of sp³-hybridized carbons (Fsp3) is 0.222. The number of aliphatic imine (C=N–C) groups is 1. The molecule has 1 amide bonds. The fourth-order valence-electron chi connectivity index (χ4n) is 2.23. The summed E-state index contributed by atoms with van der Waals surface area (Å²) in [7, 11) is 0. The zero-order chi connectivity index (χ0) is 16.1. The summed E-state index contributed by atoms with van der Waals surface area (Å²) >= 11 is 1.56. The van der Waals surface area contributed by atoms with E-state index in [2.05, 4.69) is 22.4 Å². The van der Waals surface area contributed by atoms with Crippen LogP contribution in [0.4, 0.5) is 0 Å². The van der Waals surface area contributed by atoms with E-state index in [1.54, 1.807) is 18.7 Å². The van der Waals surface area contributed by atoms with Gasteiger partial charge in [-0.3, -0.25) is 9.79 Å². The Labute approximate surface area is 140 Å². The van der Waals surface area contributed by atoms with Gasteiger partial charge in [0.25, 0.3) is 5.91 Å². The Morgan fingerprint density at radius 2 is 1.83 bits per heavy atom. The fourth-order valence-corrected chi connectivity index (χ4v) is 2.96. The van der Waals surface area contributed by atoms with Crippen molar-refractivity contribution in [2.45, 2.75) is 13.0 Å². The molecule has 0 fully saturated rings. The van der Waals surface area contributed by atoms with Crippen LogP contribution in [0.5, 0.6) is 5.75 Å². The number of hydrogen-bond acceptors (Lipinski definition) is 4. The summed E-state index contributed by atoms with van der Waals surface area (Å²) in [4.78, 5) is 16.3. The Bertz CT molecular complexity index is 699. The van der Waals surface area contributed by atoms with Crippen LogP contribution < -0.4 is 10.1 Å². The molecule has 0 unspecified atom stereocenters. The smallest absolute Gasteiger partial charge is 0.266 e. The van der Waals surface area contributed by atoms with E-state index in [4.69, 9.17) is 4.74 Å². The summed E-state index contributed by atoms with van der Waals surface area (Å²) in [6.45, 7) is 2.50. The van der Waals surface area contributed by atoms with Crippen LogP contribution in [0.15, 0.2) is 59.6 Å². The van der Waals surface area contributed by atoms with Crippen LogP contribution in [0.1, 0.15) is 6.92 Å². The summed E-state index contributed by atoms with van der Waals surface area (Å²) in [5.41, 5.74) is 2.27. The van der Waals surface area contributed by atoms with Crippen molar-refractivity contribution in [2.24, 2.45) is 4.99 Å². The van der Waals surface area contributed by atoms with E-state index in [9.17, 15) is 4.79 Å². The molecule has 0 radical (unpaired) electrons. The minimum Gasteiger partial charge on any atom is -0.481 e. The Morgan fingerprint density at radius 1 is 1.13 bits per heavy atom. The average Bonchev–Trinajstić information content (AvgIpc) is 3.09. The first-order valence-corrected chi connectivity index (χ1v) is 8.51. The minimum atomic E-state index is -0.568. The Hall–Kier alpha value is -2.27. The largest absolute Gasteiger partial charge is 0.481 e. The molecule has 5 heteroatoms. The molecule has 1 atom stereocenters. The Kier molecular flexibility index (Phi) is 4.98. The van der Waals surface area contributed by atoms with Crippen LogP contribution in [-0.4, -0.2) is 29.5 Å². The number of nitrogens with one attached hydrogen (secondary N) is 1. The second-order valence-electron chi connectivity index (χ2n) is 5.18. The molecule has 0 saturated carbocycles. The minimum absolute atomic E-state index is 0.176. The van der Waals surface area contributed by atoms with Crippen LogP contribution in [0.2, 0.25) is 0 Å². The van der Waals surface area contributed by atoms with E-state index in [1.165, 1.54) is 0 Å². The molecule has 23 heavy (non-hydrogen) atoms. The number of ether oxygens (including phenoxy) is 1. The first kappa shape index (κ1) is 15.6. The van der Waals surface area contributed by atoms with Crippen LogP contribution in [0.25, 0.3) is 11.1 Å². The molecule has 0 saturated heterocycles. The molecule has 1 aliphatic heterocycles.